The normalized spacial score (nSPS) is 16.7. The topological polar surface area (TPSA) is 53.3 Å². The highest BCUT2D eigenvalue weighted by Crippen LogP contribution is 2.31. The van der Waals surface area contributed by atoms with Crippen LogP contribution in [0.3, 0.4) is 0 Å². The maximum Gasteiger partial charge on any atom is 0.282 e. The Morgan fingerprint density at radius 3 is 2.67 bits per heavy atom. The quantitative estimate of drug-likeness (QED) is 0.646. The molecule has 0 bridgehead atoms. The summed E-state index contributed by atoms with van der Waals surface area (Å²) < 4.78 is 0. The van der Waals surface area contributed by atoms with E-state index in [4.69, 9.17) is 10.1 Å². The van der Waals surface area contributed by atoms with Gasteiger partial charge >= 0.3 is 0 Å². The lowest BCUT2D eigenvalue weighted by atomic mass is 10.1. The average Bonchev–Trinajstić information content (AvgIpc) is 2.54. The first-order valence-corrected chi connectivity index (χ1v) is 4.37. The van der Waals surface area contributed by atoms with Crippen molar-refractivity contribution in [1.82, 2.24) is 5.06 Å². The third kappa shape index (κ3) is 1.30. The van der Waals surface area contributed by atoms with Crippen molar-refractivity contribution in [3.63, 3.8) is 0 Å². The molecule has 0 saturated heterocycles. The van der Waals surface area contributed by atoms with Crippen molar-refractivity contribution in [2.24, 2.45) is 0 Å². The Balaban J connectivity index is 2.62. The number of hydroxylamine groups is 2. The number of hydrogen-bond donors (Lipinski definition) is 0. The molecular formula is C11H8N2O2. The van der Waals surface area contributed by atoms with E-state index in [1.54, 1.807) is 18.2 Å². The standard InChI is InChI=1S/C11H8N2O2/c1-15-13-10(6-7-12)8-4-2-3-5-9(8)11(13)14/h2-6H,1H3/b10-6-. The van der Waals surface area contributed by atoms with Gasteiger partial charge in [0, 0.05) is 11.6 Å². The minimum absolute atomic E-state index is 0.241. The average molecular weight is 200 g/mol. The number of benzene rings is 1. The summed E-state index contributed by atoms with van der Waals surface area (Å²) in [5.74, 6) is -0.241. The summed E-state index contributed by atoms with van der Waals surface area (Å²) in [6, 6.07) is 8.99. The van der Waals surface area contributed by atoms with Crippen molar-refractivity contribution in [3.05, 3.63) is 41.5 Å². The molecule has 0 saturated carbocycles. The van der Waals surface area contributed by atoms with Gasteiger partial charge in [-0.3, -0.25) is 9.63 Å². The monoisotopic (exact) mass is 200 g/mol. The highest BCUT2D eigenvalue weighted by atomic mass is 16.7. The molecule has 74 valence electrons. The van der Waals surface area contributed by atoms with Gasteiger partial charge in [0.1, 0.15) is 0 Å². The second-order valence-electron chi connectivity index (χ2n) is 2.99. The smallest absolute Gasteiger partial charge is 0.269 e. The van der Waals surface area contributed by atoms with Gasteiger partial charge < -0.3 is 0 Å². The third-order valence-corrected chi connectivity index (χ3v) is 2.22. The third-order valence-electron chi connectivity index (χ3n) is 2.22. The van der Waals surface area contributed by atoms with Gasteiger partial charge in [-0.25, -0.2) is 0 Å². The van der Waals surface area contributed by atoms with Gasteiger partial charge in [0.2, 0.25) is 0 Å². The number of allylic oxidation sites excluding steroid dienone is 1. The lowest BCUT2D eigenvalue weighted by Gasteiger charge is -2.12. The fourth-order valence-electron chi connectivity index (χ4n) is 1.60. The molecule has 0 unspecified atom stereocenters. The molecule has 0 N–H and O–H groups in total. The molecule has 1 aliphatic rings. The first-order chi connectivity index (χ1) is 7.29. The summed E-state index contributed by atoms with van der Waals surface area (Å²) in [4.78, 5) is 16.7. The molecule has 0 fully saturated rings. The molecule has 1 amide bonds. The number of carbonyl (C=O) groups excluding carboxylic acids is 1. The highest BCUT2D eigenvalue weighted by Gasteiger charge is 2.32. The fourth-order valence-corrected chi connectivity index (χ4v) is 1.60. The largest absolute Gasteiger partial charge is 0.282 e. The zero-order chi connectivity index (χ0) is 10.8. The van der Waals surface area contributed by atoms with Crippen molar-refractivity contribution in [2.75, 3.05) is 7.11 Å². The predicted molar refractivity (Wildman–Crippen MR) is 53.2 cm³/mol. The van der Waals surface area contributed by atoms with E-state index in [0.29, 0.717) is 11.3 Å². The van der Waals surface area contributed by atoms with Crippen LogP contribution < -0.4 is 0 Å². The Morgan fingerprint density at radius 2 is 2.07 bits per heavy atom. The minimum Gasteiger partial charge on any atom is -0.269 e. The number of hydrogen-bond acceptors (Lipinski definition) is 3. The second-order valence-corrected chi connectivity index (χ2v) is 2.99. The molecule has 1 heterocycles. The van der Waals surface area contributed by atoms with Crippen LogP contribution in [0.15, 0.2) is 30.3 Å². The molecular weight excluding hydrogens is 192 g/mol. The summed E-state index contributed by atoms with van der Waals surface area (Å²) >= 11 is 0. The van der Waals surface area contributed by atoms with Crippen LogP contribution in [0.5, 0.6) is 0 Å². The summed E-state index contributed by atoms with van der Waals surface area (Å²) in [6.45, 7) is 0. The molecule has 0 spiro atoms. The molecule has 0 aromatic heterocycles. The lowest BCUT2D eigenvalue weighted by Crippen LogP contribution is -2.21. The number of nitrogens with zero attached hydrogens (tertiary/aromatic N) is 2. The number of nitriles is 1. The maximum atomic E-state index is 11.8. The van der Waals surface area contributed by atoms with E-state index in [1.807, 2.05) is 12.1 Å². The van der Waals surface area contributed by atoms with Gasteiger partial charge in [-0.1, -0.05) is 18.2 Å². The summed E-state index contributed by atoms with van der Waals surface area (Å²) in [6.07, 6.45) is 1.30. The first kappa shape index (κ1) is 9.44. The SMILES string of the molecule is CON1C(=O)c2ccccc2/C1=C/C#N. The van der Waals surface area contributed by atoms with Crippen molar-refractivity contribution in [1.29, 1.82) is 5.26 Å². The molecule has 0 atom stereocenters. The fraction of sp³-hybridized carbons (Fsp3) is 0.0909. The van der Waals surface area contributed by atoms with Gasteiger partial charge in [-0.15, -0.1) is 0 Å². The van der Waals surface area contributed by atoms with Crippen LogP contribution >= 0.6 is 0 Å². The van der Waals surface area contributed by atoms with E-state index >= 15 is 0 Å². The number of fused-ring (bicyclic) bond motifs is 1. The molecule has 2 rings (SSSR count). The van der Waals surface area contributed by atoms with Gasteiger partial charge in [0.05, 0.1) is 24.4 Å². The second kappa shape index (κ2) is 3.56. The highest BCUT2D eigenvalue weighted by molar-refractivity contribution is 6.08. The van der Waals surface area contributed by atoms with Crippen molar-refractivity contribution < 1.29 is 9.63 Å². The molecule has 0 radical (unpaired) electrons. The van der Waals surface area contributed by atoms with E-state index in [9.17, 15) is 4.79 Å². The Bertz CT molecular complexity index is 486. The molecule has 4 heteroatoms. The number of carbonyl (C=O) groups is 1. The van der Waals surface area contributed by atoms with E-state index < -0.39 is 0 Å². The summed E-state index contributed by atoms with van der Waals surface area (Å²) in [5, 5.41) is 9.75. The van der Waals surface area contributed by atoms with Crippen LogP contribution in [0.25, 0.3) is 5.70 Å². The van der Waals surface area contributed by atoms with Gasteiger partial charge in [-0.2, -0.15) is 10.3 Å². The van der Waals surface area contributed by atoms with Crippen LogP contribution in [0, 0.1) is 11.3 Å². The zero-order valence-electron chi connectivity index (χ0n) is 8.10. The number of rotatable bonds is 1. The molecule has 0 aliphatic carbocycles. The maximum absolute atomic E-state index is 11.8. The summed E-state index contributed by atoms with van der Waals surface area (Å²) in [5.41, 5.74) is 1.77. The molecule has 4 nitrogen and oxygen atoms in total. The molecule has 1 aliphatic heterocycles. The first-order valence-electron chi connectivity index (χ1n) is 4.37. The van der Waals surface area contributed by atoms with Crippen LogP contribution in [-0.2, 0) is 4.84 Å². The zero-order valence-corrected chi connectivity index (χ0v) is 8.10. The van der Waals surface area contributed by atoms with Crippen LogP contribution in [0.2, 0.25) is 0 Å². The van der Waals surface area contributed by atoms with Crippen LogP contribution in [0.1, 0.15) is 15.9 Å². The van der Waals surface area contributed by atoms with Gasteiger partial charge in [0.25, 0.3) is 5.91 Å². The van der Waals surface area contributed by atoms with Crippen molar-refractivity contribution in [3.8, 4) is 6.07 Å². The van der Waals surface area contributed by atoms with E-state index in [2.05, 4.69) is 0 Å². The van der Waals surface area contributed by atoms with Crippen molar-refractivity contribution in [2.45, 2.75) is 0 Å². The summed E-state index contributed by atoms with van der Waals surface area (Å²) in [7, 11) is 1.40. The minimum atomic E-state index is -0.241. The van der Waals surface area contributed by atoms with E-state index in [-0.39, 0.29) is 5.91 Å². The lowest BCUT2D eigenvalue weighted by molar-refractivity contribution is -0.0455. The number of amides is 1. The van der Waals surface area contributed by atoms with Gasteiger partial charge in [0.15, 0.2) is 0 Å². The Morgan fingerprint density at radius 1 is 1.40 bits per heavy atom. The Labute approximate surface area is 86.9 Å². The molecule has 1 aromatic carbocycles. The van der Waals surface area contributed by atoms with Crippen LogP contribution in [0.4, 0.5) is 0 Å². The van der Waals surface area contributed by atoms with Crippen molar-refractivity contribution >= 4 is 11.6 Å². The van der Waals surface area contributed by atoms with E-state index in [0.717, 1.165) is 10.6 Å². The molecule has 1 aromatic rings. The molecule has 15 heavy (non-hydrogen) atoms. The Kier molecular flexibility index (Phi) is 2.24. The van der Waals surface area contributed by atoms with Gasteiger partial charge in [-0.05, 0) is 6.07 Å². The van der Waals surface area contributed by atoms with Crippen LogP contribution in [-0.4, -0.2) is 18.1 Å². The predicted octanol–water partition coefficient (Wildman–Crippen LogP) is 1.57. The van der Waals surface area contributed by atoms with E-state index in [1.165, 1.54) is 13.2 Å². The Hall–Kier alpha value is -2.12.